The van der Waals surface area contributed by atoms with Gasteiger partial charge in [0.1, 0.15) is 17.6 Å². The van der Waals surface area contributed by atoms with Crippen LogP contribution >= 0.6 is 23.2 Å². The molecule has 0 amide bonds. The van der Waals surface area contributed by atoms with E-state index in [1.54, 1.807) is 30.3 Å². The summed E-state index contributed by atoms with van der Waals surface area (Å²) in [5.41, 5.74) is 0.613. The van der Waals surface area contributed by atoms with Crippen molar-refractivity contribution in [3.05, 3.63) is 51.9 Å². The molecule has 0 saturated carbocycles. The lowest BCUT2D eigenvalue weighted by atomic mass is 10.1. The molecule has 0 aliphatic rings. The predicted molar refractivity (Wildman–Crippen MR) is 65.8 cm³/mol. The van der Waals surface area contributed by atoms with Gasteiger partial charge in [-0.2, -0.15) is 0 Å². The van der Waals surface area contributed by atoms with Gasteiger partial charge in [-0.05, 0) is 41.4 Å². The highest BCUT2D eigenvalue weighted by Gasteiger charge is 2.15. The van der Waals surface area contributed by atoms with Gasteiger partial charge in [0.05, 0.1) is 12.1 Å². The van der Waals surface area contributed by atoms with Gasteiger partial charge < -0.3 is 14.3 Å². The monoisotopic (exact) mass is 272 g/mol. The summed E-state index contributed by atoms with van der Waals surface area (Å²) in [5.74, 6) is 0.927. The van der Waals surface area contributed by atoms with Gasteiger partial charge in [0.2, 0.25) is 0 Å². The summed E-state index contributed by atoms with van der Waals surface area (Å²) in [4.78, 5) is 0. The fourth-order valence-corrected chi connectivity index (χ4v) is 1.91. The van der Waals surface area contributed by atoms with Crippen LogP contribution in [-0.4, -0.2) is 12.2 Å². The molecule has 0 aliphatic carbocycles. The van der Waals surface area contributed by atoms with Crippen molar-refractivity contribution in [3.8, 4) is 5.75 Å². The van der Waals surface area contributed by atoms with Crippen molar-refractivity contribution in [3.63, 3.8) is 0 Å². The second-order valence-electron chi connectivity index (χ2n) is 3.44. The molecule has 2 rings (SSSR count). The number of ether oxygens (including phenoxy) is 1. The SMILES string of the molecule is COc1ccc(C(O)c2ccc(Cl)o2)cc1Cl. The van der Waals surface area contributed by atoms with Gasteiger partial charge in [-0.25, -0.2) is 0 Å². The first-order chi connectivity index (χ1) is 8.11. The van der Waals surface area contributed by atoms with Crippen molar-refractivity contribution in [1.82, 2.24) is 0 Å². The van der Waals surface area contributed by atoms with Crippen LogP contribution in [0.1, 0.15) is 17.4 Å². The van der Waals surface area contributed by atoms with Crippen molar-refractivity contribution in [1.29, 1.82) is 0 Å². The van der Waals surface area contributed by atoms with Crippen LogP contribution in [0.3, 0.4) is 0 Å². The van der Waals surface area contributed by atoms with Crippen molar-refractivity contribution in [2.45, 2.75) is 6.10 Å². The van der Waals surface area contributed by atoms with Gasteiger partial charge in [-0.15, -0.1) is 0 Å². The molecule has 0 spiro atoms. The second kappa shape index (κ2) is 5.00. The van der Waals surface area contributed by atoms with Crippen molar-refractivity contribution in [2.75, 3.05) is 7.11 Å². The van der Waals surface area contributed by atoms with Crippen LogP contribution in [0.5, 0.6) is 5.75 Å². The Balaban J connectivity index is 2.31. The Morgan fingerprint density at radius 3 is 2.53 bits per heavy atom. The van der Waals surface area contributed by atoms with E-state index in [1.807, 2.05) is 0 Å². The topological polar surface area (TPSA) is 42.6 Å². The van der Waals surface area contributed by atoms with E-state index in [-0.39, 0.29) is 5.22 Å². The first-order valence-corrected chi connectivity index (χ1v) is 5.64. The van der Waals surface area contributed by atoms with E-state index in [0.29, 0.717) is 22.1 Å². The smallest absolute Gasteiger partial charge is 0.193 e. The first-order valence-electron chi connectivity index (χ1n) is 4.88. The normalized spacial score (nSPS) is 12.5. The molecule has 17 heavy (non-hydrogen) atoms. The molecule has 1 N–H and O–H groups in total. The number of hydrogen-bond acceptors (Lipinski definition) is 3. The summed E-state index contributed by atoms with van der Waals surface area (Å²) >= 11 is 11.6. The summed E-state index contributed by atoms with van der Waals surface area (Å²) in [5, 5.41) is 10.7. The summed E-state index contributed by atoms with van der Waals surface area (Å²) in [7, 11) is 1.53. The van der Waals surface area contributed by atoms with Gasteiger partial charge in [0.15, 0.2) is 5.22 Å². The van der Waals surface area contributed by atoms with Crippen molar-refractivity contribution < 1.29 is 14.3 Å². The van der Waals surface area contributed by atoms with E-state index in [1.165, 1.54) is 7.11 Å². The molecule has 5 heteroatoms. The lowest BCUT2D eigenvalue weighted by Crippen LogP contribution is -1.98. The van der Waals surface area contributed by atoms with Gasteiger partial charge in [-0.3, -0.25) is 0 Å². The number of benzene rings is 1. The molecule has 0 aliphatic heterocycles. The van der Waals surface area contributed by atoms with Crippen LogP contribution in [0, 0.1) is 0 Å². The molecule has 1 heterocycles. The summed E-state index contributed by atoms with van der Waals surface area (Å²) < 4.78 is 10.2. The molecule has 0 bridgehead atoms. The zero-order valence-corrected chi connectivity index (χ0v) is 10.5. The molecule has 0 fully saturated rings. The lowest BCUT2D eigenvalue weighted by Gasteiger charge is -2.10. The second-order valence-corrected chi connectivity index (χ2v) is 4.22. The number of halogens is 2. The van der Waals surface area contributed by atoms with Crippen LogP contribution in [0.2, 0.25) is 10.2 Å². The predicted octanol–water partition coefficient (Wildman–Crippen LogP) is 3.68. The third kappa shape index (κ3) is 2.57. The molecule has 0 radical (unpaired) electrons. The highest BCUT2D eigenvalue weighted by molar-refractivity contribution is 6.32. The first kappa shape index (κ1) is 12.3. The lowest BCUT2D eigenvalue weighted by molar-refractivity contribution is 0.189. The zero-order chi connectivity index (χ0) is 12.4. The van der Waals surface area contributed by atoms with Crippen LogP contribution in [-0.2, 0) is 0 Å². The number of aliphatic hydroxyl groups excluding tert-OH is 1. The molecule has 1 atom stereocenters. The minimum absolute atomic E-state index is 0.235. The van der Waals surface area contributed by atoms with Crippen LogP contribution < -0.4 is 4.74 Å². The number of methoxy groups -OCH3 is 1. The van der Waals surface area contributed by atoms with Crippen LogP contribution in [0.15, 0.2) is 34.7 Å². The third-order valence-electron chi connectivity index (χ3n) is 2.36. The van der Waals surface area contributed by atoms with E-state index < -0.39 is 6.10 Å². The highest BCUT2D eigenvalue weighted by atomic mass is 35.5. The molecule has 0 saturated heterocycles. The minimum Gasteiger partial charge on any atom is -0.495 e. The number of hydrogen-bond donors (Lipinski definition) is 1. The fraction of sp³-hybridized carbons (Fsp3) is 0.167. The van der Waals surface area contributed by atoms with Crippen LogP contribution in [0.25, 0.3) is 0 Å². The quantitative estimate of drug-likeness (QED) is 0.927. The molecule has 3 nitrogen and oxygen atoms in total. The molecular weight excluding hydrogens is 263 g/mol. The Kier molecular flexibility index (Phi) is 3.62. The van der Waals surface area contributed by atoms with E-state index in [0.717, 1.165) is 0 Å². The average molecular weight is 273 g/mol. The number of furan rings is 1. The van der Waals surface area contributed by atoms with E-state index >= 15 is 0 Å². The maximum Gasteiger partial charge on any atom is 0.193 e. The largest absolute Gasteiger partial charge is 0.495 e. The maximum atomic E-state index is 10.0. The Morgan fingerprint density at radius 1 is 1.24 bits per heavy atom. The van der Waals surface area contributed by atoms with E-state index in [4.69, 9.17) is 32.4 Å². The Hall–Kier alpha value is -1.16. The van der Waals surface area contributed by atoms with Gasteiger partial charge in [0, 0.05) is 0 Å². The van der Waals surface area contributed by atoms with Crippen LogP contribution in [0.4, 0.5) is 0 Å². The molecule has 1 aromatic heterocycles. The Labute approximate surface area is 109 Å². The minimum atomic E-state index is -0.897. The Bertz CT molecular complexity index is 522. The number of rotatable bonds is 3. The molecule has 1 unspecified atom stereocenters. The van der Waals surface area contributed by atoms with E-state index in [2.05, 4.69) is 0 Å². The highest BCUT2D eigenvalue weighted by Crippen LogP contribution is 2.31. The van der Waals surface area contributed by atoms with Gasteiger partial charge in [0.25, 0.3) is 0 Å². The van der Waals surface area contributed by atoms with Gasteiger partial charge in [-0.1, -0.05) is 17.7 Å². The van der Waals surface area contributed by atoms with Crippen molar-refractivity contribution in [2.24, 2.45) is 0 Å². The average Bonchev–Trinajstić information content (AvgIpc) is 2.75. The Morgan fingerprint density at radius 2 is 2.00 bits per heavy atom. The van der Waals surface area contributed by atoms with Gasteiger partial charge >= 0.3 is 0 Å². The van der Waals surface area contributed by atoms with Crippen molar-refractivity contribution >= 4 is 23.2 Å². The summed E-state index contributed by atoms with van der Waals surface area (Å²) in [6.07, 6.45) is -0.897. The third-order valence-corrected chi connectivity index (χ3v) is 2.85. The maximum absolute atomic E-state index is 10.0. The summed E-state index contributed by atoms with van der Waals surface area (Å²) in [6, 6.07) is 8.22. The fourth-order valence-electron chi connectivity index (χ4n) is 1.49. The molecule has 1 aromatic carbocycles. The molecule has 2 aromatic rings. The zero-order valence-electron chi connectivity index (χ0n) is 8.98. The van der Waals surface area contributed by atoms with E-state index in [9.17, 15) is 5.11 Å². The molecular formula is C12H10Cl2O3. The number of aliphatic hydroxyl groups is 1. The standard InChI is InChI=1S/C12H10Cl2O3/c1-16-9-3-2-7(6-8(9)13)12(15)10-4-5-11(14)17-10/h2-6,12,15H,1H3. The summed E-state index contributed by atoms with van der Waals surface area (Å²) in [6.45, 7) is 0. The molecule has 90 valence electrons.